The van der Waals surface area contributed by atoms with E-state index in [0.29, 0.717) is 12.3 Å². The minimum Gasteiger partial charge on any atom is -0.480 e. The van der Waals surface area contributed by atoms with Crippen molar-refractivity contribution in [2.24, 2.45) is 0 Å². The van der Waals surface area contributed by atoms with Crippen molar-refractivity contribution < 1.29 is 18.3 Å². The first-order valence-electron chi connectivity index (χ1n) is 5.80. The third kappa shape index (κ3) is 6.58. The fourth-order valence-electron chi connectivity index (χ4n) is 1.24. The van der Waals surface area contributed by atoms with E-state index in [1.54, 1.807) is 0 Å². The van der Waals surface area contributed by atoms with Crippen molar-refractivity contribution in [3.05, 3.63) is 0 Å². The standard InChI is InChI=1S/C10H22N2O4S2/c1-4-5-7-12(2)18(15,16)11-9(10(13)14)6-8-17-3/h9,11H,4-8H2,1-3H3,(H,13,14)/t9-/m1/s1. The van der Waals surface area contributed by atoms with E-state index in [2.05, 4.69) is 4.72 Å². The summed E-state index contributed by atoms with van der Waals surface area (Å²) in [5.74, 6) is -0.547. The molecule has 8 heteroatoms. The Morgan fingerprint density at radius 2 is 2.11 bits per heavy atom. The van der Waals surface area contributed by atoms with E-state index in [-0.39, 0.29) is 6.42 Å². The molecule has 6 nitrogen and oxygen atoms in total. The first-order valence-corrected chi connectivity index (χ1v) is 8.63. The number of rotatable bonds is 10. The third-order valence-electron chi connectivity index (χ3n) is 2.44. The topological polar surface area (TPSA) is 86.7 Å². The van der Waals surface area contributed by atoms with E-state index >= 15 is 0 Å². The maximum Gasteiger partial charge on any atom is 0.321 e. The van der Waals surface area contributed by atoms with Crippen molar-refractivity contribution in [2.75, 3.05) is 25.6 Å². The molecule has 0 rings (SSSR count). The van der Waals surface area contributed by atoms with Gasteiger partial charge in [-0.05, 0) is 24.9 Å². The Hall–Kier alpha value is -0.310. The summed E-state index contributed by atoms with van der Waals surface area (Å²) in [6.07, 6.45) is 3.76. The molecule has 0 aliphatic rings. The monoisotopic (exact) mass is 298 g/mol. The Morgan fingerprint density at radius 3 is 2.56 bits per heavy atom. The van der Waals surface area contributed by atoms with Gasteiger partial charge in [-0.3, -0.25) is 4.79 Å². The van der Waals surface area contributed by atoms with E-state index in [4.69, 9.17) is 5.11 Å². The fourth-order valence-corrected chi connectivity index (χ4v) is 2.84. The summed E-state index contributed by atoms with van der Waals surface area (Å²) in [4.78, 5) is 11.0. The Kier molecular flexibility index (Phi) is 8.58. The molecular formula is C10H22N2O4S2. The Balaban J connectivity index is 4.54. The summed E-state index contributed by atoms with van der Waals surface area (Å²) in [5, 5.41) is 8.97. The average Bonchev–Trinajstić information content (AvgIpc) is 2.30. The van der Waals surface area contributed by atoms with Gasteiger partial charge < -0.3 is 5.11 Å². The predicted octanol–water partition coefficient (Wildman–Crippen LogP) is 0.759. The zero-order chi connectivity index (χ0) is 14.2. The number of thioether (sulfide) groups is 1. The molecule has 0 saturated carbocycles. The molecule has 0 bridgehead atoms. The molecular weight excluding hydrogens is 276 g/mol. The number of nitrogens with zero attached hydrogens (tertiary/aromatic N) is 1. The smallest absolute Gasteiger partial charge is 0.321 e. The summed E-state index contributed by atoms with van der Waals surface area (Å²) in [5.41, 5.74) is 0. The summed E-state index contributed by atoms with van der Waals surface area (Å²) in [6, 6.07) is -1.06. The van der Waals surface area contributed by atoms with Crippen LogP contribution in [-0.2, 0) is 15.0 Å². The lowest BCUT2D eigenvalue weighted by Gasteiger charge is -2.20. The van der Waals surface area contributed by atoms with Crippen molar-refractivity contribution in [3.8, 4) is 0 Å². The highest BCUT2D eigenvalue weighted by atomic mass is 32.2. The normalized spacial score (nSPS) is 13.8. The zero-order valence-electron chi connectivity index (χ0n) is 11.0. The van der Waals surface area contributed by atoms with Gasteiger partial charge in [0, 0.05) is 13.6 Å². The molecule has 0 radical (unpaired) electrons. The van der Waals surface area contributed by atoms with Gasteiger partial charge in [-0.1, -0.05) is 13.3 Å². The number of hydrogen-bond acceptors (Lipinski definition) is 4. The number of hydrogen-bond donors (Lipinski definition) is 2. The van der Waals surface area contributed by atoms with E-state index in [1.807, 2.05) is 13.2 Å². The second-order valence-electron chi connectivity index (χ2n) is 3.97. The van der Waals surface area contributed by atoms with Crippen LogP contribution in [0.3, 0.4) is 0 Å². The maximum atomic E-state index is 11.9. The molecule has 0 spiro atoms. The molecule has 18 heavy (non-hydrogen) atoms. The lowest BCUT2D eigenvalue weighted by molar-refractivity contribution is -0.139. The summed E-state index contributed by atoms with van der Waals surface area (Å²) >= 11 is 1.48. The lowest BCUT2D eigenvalue weighted by Crippen LogP contribution is -2.47. The van der Waals surface area contributed by atoms with Crippen LogP contribution in [0.5, 0.6) is 0 Å². The first kappa shape index (κ1) is 17.7. The van der Waals surface area contributed by atoms with Crippen LogP contribution in [0.25, 0.3) is 0 Å². The lowest BCUT2D eigenvalue weighted by atomic mass is 10.2. The van der Waals surface area contributed by atoms with Crippen LogP contribution >= 0.6 is 11.8 Å². The second kappa shape index (κ2) is 8.73. The van der Waals surface area contributed by atoms with E-state index < -0.39 is 22.2 Å². The van der Waals surface area contributed by atoms with Gasteiger partial charge >= 0.3 is 5.97 Å². The molecule has 0 aromatic rings. The third-order valence-corrected chi connectivity index (χ3v) is 4.67. The Bertz CT molecular complexity index is 346. The molecule has 0 aromatic heterocycles. The summed E-state index contributed by atoms with van der Waals surface area (Å²) < 4.78 is 27.1. The molecule has 0 amide bonds. The maximum absolute atomic E-state index is 11.9. The number of carboxylic acids is 1. The quantitative estimate of drug-likeness (QED) is 0.622. The van der Waals surface area contributed by atoms with Crippen LogP contribution in [-0.4, -0.2) is 55.4 Å². The van der Waals surface area contributed by atoms with Crippen molar-refractivity contribution >= 4 is 27.9 Å². The van der Waals surface area contributed by atoms with Crippen LogP contribution in [0.4, 0.5) is 0 Å². The largest absolute Gasteiger partial charge is 0.480 e. The first-order chi connectivity index (χ1) is 8.35. The second-order valence-corrected chi connectivity index (χ2v) is 6.77. The van der Waals surface area contributed by atoms with Crippen LogP contribution in [0.2, 0.25) is 0 Å². The van der Waals surface area contributed by atoms with E-state index in [0.717, 1.165) is 17.1 Å². The van der Waals surface area contributed by atoms with E-state index in [1.165, 1.54) is 18.8 Å². The molecule has 0 aliphatic heterocycles. The van der Waals surface area contributed by atoms with Crippen molar-refractivity contribution in [1.29, 1.82) is 0 Å². The number of nitrogens with one attached hydrogen (secondary N) is 1. The summed E-state index contributed by atoms with van der Waals surface area (Å²) in [7, 11) is -2.26. The van der Waals surface area contributed by atoms with Gasteiger partial charge in [0.05, 0.1) is 0 Å². The van der Waals surface area contributed by atoms with Crippen molar-refractivity contribution in [3.63, 3.8) is 0 Å². The van der Waals surface area contributed by atoms with Gasteiger partial charge in [0.15, 0.2) is 0 Å². The highest BCUT2D eigenvalue weighted by Crippen LogP contribution is 2.05. The SMILES string of the molecule is CCCCN(C)S(=O)(=O)N[C@H](CCSC)C(=O)O. The minimum atomic E-state index is -3.71. The van der Waals surface area contributed by atoms with Crippen LogP contribution in [0.15, 0.2) is 0 Å². The Morgan fingerprint density at radius 1 is 1.50 bits per heavy atom. The van der Waals surface area contributed by atoms with Gasteiger partial charge in [-0.15, -0.1) is 0 Å². The fraction of sp³-hybridized carbons (Fsp3) is 0.900. The minimum absolute atomic E-state index is 0.275. The number of carbonyl (C=O) groups is 1. The predicted molar refractivity (Wildman–Crippen MR) is 74.0 cm³/mol. The van der Waals surface area contributed by atoms with Gasteiger partial charge in [0.25, 0.3) is 10.2 Å². The molecule has 0 aromatic carbocycles. The van der Waals surface area contributed by atoms with Gasteiger partial charge in [-0.2, -0.15) is 29.2 Å². The zero-order valence-corrected chi connectivity index (χ0v) is 12.7. The van der Waals surface area contributed by atoms with Crippen LogP contribution < -0.4 is 4.72 Å². The molecule has 108 valence electrons. The van der Waals surface area contributed by atoms with Crippen LogP contribution in [0.1, 0.15) is 26.2 Å². The number of carboxylic acid groups (broad SMARTS) is 1. The highest BCUT2D eigenvalue weighted by molar-refractivity contribution is 7.98. The molecule has 1 atom stereocenters. The summed E-state index contributed by atoms with van der Waals surface area (Å²) in [6.45, 7) is 2.35. The molecule has 0 saturated heterocycles. The van der Waals surface area contributed by atoms with Gasteiger partial charge in [0.2, 0.25) is 0 Å². The Labute approximate surface area is 113 Å². The number of unbranched alkanes of at least 4 members (excludes halogenated alkanes) is 1. The van der Waals surface area contributed by atoms with Gasteiger partial charge in [-0.25, -0.2) is 0 Å². The van der Waals surface area contributed by atoms with Crippen molar-refractivity contribution in [1.82, 2.24) is 9.03 Å². The molecule has 0 fully saturated rings. The average molecular weight is 298 g/mol. The van der Waals surface area contributed by atoms with Gasteiger partial charge in [0.1, 0.15) is 6.04 Å². The van der Waals surface area contributed by atoms with Crippen LogP contribution in [0, 0.1) is 0 Å². The van der Waals surface area contributed by atoms with Crippen molar-refractivity contribution in [2.45, 2.75) is 32.2 Å². The molecule has 2 N–H and O–H groups in total. The molecule has 0 heterocycles. The highest BCUT2D eigenvalue weighted by Gasteiger charge is 2.26. The van der Waals surface area contributed by atoms with E-state index in [9.17, 15) is 13.2 Å². The number of aliphatic carboxylic acids is 1. The molecule has 0 aliphatic carbocycles. The molecule has 0 unspecified atom stereocenters.